The molecule has 0 aliphatic rings. The molecule has 2 rings (SSSR count). The Morgan fingerprint density at radius 3 is 3.00 bits per heavy atom. The van der Waals surface area contributed by atoms with Crippen molar-refractivity contribution in [2.45, 2.75) is 6.42 Å². The Morgan fingerprint density at radius 1 is 1.42 bits per heavy atom. The van der Waals surface area contributed by atoms with E-state index in [4.69, 9.17) is 4.74 Å². The average Bonchev–Trinajstić information content (AvgIpc) is 2.43. The monoisotopic (exact) mass is 371 g/mol. The van der Waals surface area contributed by atoms with Gasteiger partial charge in [-0.1, -0.05) is 18.2 Å². The SMILES string of the molecule is COCCc1ccccc1Nc1nc[nH]c(=O)c1I. The Balaban J connectivity index is 2.28. The molecule has 2 aromatic rings. The Morgan fingerprint density at radius 2 is 2.21 bits per heavy atom. The molecule has 0 atom stereocenters. The largest absolute Gasteiger partial charge is 0.384 e. The zero-order valence-corrected chi connectivity index (χ0v) is 12.6. The van der Waals surface area contributed by atoms with E-state index in [-0.39, 0.29) is 5.56 Å². The number of ether oxygens (including phenoxy) is 1. The molecule has 19 heavy (non-hydrogen) atoms. The molecule has 1 aromatic carbocycles. The maximum absolute atomic E-state index is 11.5. The van der Waals surface area contributed by atoms with Crippen LogP contribution >= 0.6 is 22.6 Å². The second-order valence-electron chi connectivity index (χ2n) is 3.92. The third kappa shape index (κ3) is 3.54. The summed E-state index contributed by atoms with van der Waals surface area (Å²) in [5.41, 5.74) is 1.92. The van der Waals surface area contributed by atoms with Gasteiger partial charge in [0.15, 0.2) is 5.82 Å². The van der Waals surface area contributed by atoms with Gasteiger partial charge in [0, 0.05) is 12.8 Å². The fourth-order valence-electron chi connectivity index (χ4n) is 1.67. The fraction of sp³-hybridized carbons (Fsp3) is 0.231. The molecule has 0 fully saturated rings. The second-order valence-corrected chi connectivity index (χ2v) is 5.00. The Hall–Kier alpha value is -1.41. The van der Waals surface area contributed by atoms with Gasteiger partial charge in [0.1, 0.15) is 3.57 Å². The smallest absolute Gasteiger partial charge is 0.266 e. The van der Waals surface area contributed by atoms with E-state index in [1.807, 2.05) is 46.9 Å². The molecule has 100 valence electrons. The molecule has 1 aromatic heterocycles. The Bertz CT molecular complexity index is 613. The number of benzene rings is 1. The zero-order valence-electron chi connectivity index (χ0n) is 10.4. The molecule has 0 saturated carbocycles. The van der Waals surface area contributed by atoms with Crippen LogP contribution in [0, 0.1) is 3.57 Å². The predicted molar refractivity (Wildman–Crippen MR) is 82.9 cm³/mol. The van der Waals surface area contributed by atoms with Crippen molar-refractivity contribution in [3.63, 3.8) is 0 Å². The first-order valence-electron chi connectivity index (χ1n) is 5.79. The molecule has 2 N–H and O–H groups in total. The summed E-state index contributed by atoms with van der Waals surface area (Å²) in [4.78, 5) is 18.2. The van der Waals surface area contributed by atoms with E-state index >= 15 is 0 Å². The lowest BCUT2D eigenvalue weighted by atomic mass is 10.1. The number of halogens is 1. The van der Waals surface area contributed by atoms with Crippen LogP contribution < -0.4 is 10.9 Å². The van der Waals surface area contributed by atoms with Gasteiger partial charge in [0.25, 0.3) is 5.56 Å². The van der Waals surface area contributed by atoms with Gasteiger partial charge >= 0.3 is 0 Å². The van der Waals surface area contributed by atoms with Crippen LogP contribution in [-0.4, -0.2) is 23.7 Å². The zero-order chi connectivity index (χ0) is 13.7. The summed E-state index contributed by atoms with van der Waals surface area (Å²) < 4.78 is 5.64. The van der Waals surface area contributed by atoms with Gasteiger partial charge in [-0.3, -0.25) is 4.79 Å². The molecule has 1 heterocycles. The molecule has 0 aliphatic heterocycles. The summed E-state index contributed by atoms with van der Waals surface area (Å²) in [5, 5.41) is 3.20. The number of methoxy groups -OCH3 is 1. The summed E-state index contributed by atoms with van der Waals surface area (Å²) >= 11 is 1.98. The standard InChI is InChI=1S/C13H14IN3O2/c1-19-7-6-9-4-2-3-5-10(9)17-12-11(14)13(18)16-8-15-12/h2-5,8H,6-7H2,1H3,(H2,15,16,17,18). The average molecular weight is 371 g/mol. The summed E-state index contributed by atoms with van der Waals surface area (Å²) in [6.45, 7) is 0.651. The topological polar surface area (TPSA) is 67.0 Å². The van der Waals surface area contributed by atoms with Gasteiger partial charge in [-0.15, -0.1) is 0 Å². The third-order valence-corrected chi connectivity index (χ3v) is 3.64. The highest BCUT2D eigenvalue weighted by Crippen LogP contribution is 2.21. The quantitative estimate of drug-likeness (QED) is 0.792. The van der Waals surface area contributed by atoms with Crippen molar-refractivity contribution < 1.29 is 4.74 Å². The van der Waals surface area contributed by atoms with Crippen molar-refractivity contribution in [1.82, 2.24) is 9.97 Å². The first kappa shape index (κ1) is 14.0. The summed E-state index contributed by atoms with van der Waals surface area (Å²) in [6.07, 6.45) is 2.20. The van der Waals surface area contributed by atoms with Crippen LogP contribution in [0.4, 0.5) is 11.5 Å². The maximum Gasteiger partial charge on any atom is 0.266 e. The summed E-state index contributed by atoms with van der Waals surface area (Å²) in [5.74, 6) is 0.564. The van der Waals surface area contributed by atoms with E-state index in [0.717, 1.165) is 17.7 Å². The van der Waals surface area contributed by atoms with Crippen molar-refractivity contribution in [3.05, 3.63) is 50.1 Å². The van der Waals surface area contributed by atoms with E-state index < -0.39 is 0 Å². The van der Waals surface area contributed by atoms with E-state index in [0.29, 0.717) is 16.0 Å². The molecule has 0 saturated heterocycles. The molecular weight excluding hydrogens is 357 g/mol. The van der Waals surface area contributed by atoms with Crippen LogP contribution in [0.3, 0.4) is 0 Å². The van der Waals surface area contributed by atoms with Crippen molar-refractivity contribution in [2.75, 3.05) is 19.0 Å². The number of hydrogen-bond acceptors (Lipinski definition) is 4. The normalized spacial score (nSPS) is 10.4. The summed E-state index contributed by atoms with van der Waals surface area (Å²) in [6, 6.07) is 7.91. The number of para-hydroxylation sites is 1. The van der Waals surface area contributed by atoms with Gasteiger partial charge in [0.05, 0.1) is 12.9 Å². The van der Waals surface area contributed by atoms with Gasteiger partial charge < -0.3 is 15.0 Å². The third-order valence-electron chi connectivity index (χ3n) is 2.64. The van der Waals surface area contributed by atoms with Crippen molar-refractivity contribution >= 4 is 34.1 Å². The van der Waals surface area contributed by atoms with Crippen molar-refractivity contribution in [3.8, 4) is 0 Å². The Labute approximate surface area is 124 Å². The van der Waals surface area contributed by atoms with E-state index in [1.165, 1.54) is 6.33 Å². The minimum atomic E-state index is -0.146. The number of H-pyrrole nitrogens is 1. The summed E-state index contributed by atoms with van der Waals surface area (Å²) in [7, 11) is 1.68. The number of rotatable bonds is 5. The van der Waals surface area contributed by atoms with Crippen LogP contribution in [-0.2, 0) is 11.2 Å². The first-order chi connectivity index (χ1) is 9.22. The fourth-order valence-corrected chi connectivity index (χ4v) is 2.10. The minimum Gasteiger partial charge on any atom is -0.384 e. The van der Waals surface area contributed by atoms with Gasteiger partial charge in [-0.05, 0) is 40.6 Å². The molecule has 5 nitrogen and oxygen atoms in total. The second kappa shape index (κ2) is 6.67. The molecule has 0 radical (unpaired) electrons. The lowest BCUT2D eigenvalue weighted by Crippen LogP contribution is -2.13. The van der Waals surface area contributed by atoms with Crippen LogP contribution in [0.5, 0.6) is 0 Å². The molecule has 0 spiro atoms. The van der Waals surface area contributed by atoms with Gasteiger partial charge in [0.2, 0.25) is 0 Å². The van der Waals surface area contributed by atoms with Crippen LogP contribution in [0.15, 0.2) is 35.4 Å². The number of aromatic nitrogens is 2. The van der Waals surface area contributed by atoms with E-state index in [9.17, 15) is 4.79 Å². The van der Waals surface area contributed by atoms with Crippen LogP contribution in [0.2, 0.25) is 0 Å². The minimum absolute atomic E-state index is 0.146. The van der Waals surface area contributed by atoms with Crippen molar-refractivity contribution in [2.24, 2.45) is 0 Å². The van der Waals surface area contributed by atoms with Crippen LogP contribution in [0.1, 0.15) is 5.56 Å². The van der Waals surface area contributed by atoms with Gasteiger partial charge in [-0.25, -0.2) is 4.98 Å². The molecular formula is C13H14IN3O2. The van der Waals surface area contributed by atoms with Crippen molar-refractivity contribution in [1.29, 1.82) is 0 Å². The number of anilines is 2. The predicted octanol–water partition coefficient (Wildman–Crippen LogP) is 2.31. The molecule has 0 bridgehead atoms. The molecule has 0 aliphatic carbocycles. The van der Waals surface area contributed by atoms with E-state index in [2.05, 4.69) is 15.3 Å². The lowest BCUT2D eigenvalue weighted by molar-refractivity contribution is 0.202. The highest BCUT2D eigenvalue weighted by atomic mass is 127. The number of nitrogens with zero attached hydrogens (tertiary/aromatic N) is 1. The first-order valence-corrected chi connectivity index (χ1v) is 6.87. The molecule has 6 heteroatoms. The van der Waals surface area contributed by atoms with Crippen LogP contribution in [0.25, 0.3) is 0 Å². The highest BCUT2D eigenvalue weighted by molar-refractivity contribution is 14.1. The maximum atomic E-state index is 11.5. The molecule has 0 amide bonds. The van der Waals surface area contributed by atoms with Gasteiger partial charge in [-0.2, -0.15) is 0 Å². The number of nitrogens with one attached hydrogen (secondary N) is 2. The van der Waals surface area contributed by atoms with E-state index in [1.54, 1.807) is 7.11 Å². The highest BCUT2D eigenvalue weighted by Gasteiger charge is 2.07. The number of aromatic amines is 1. The number of hydrogen-bond donors (Lipinski definition) is 2. The Kier molecular flexibility index (Phi) is 4.92. The molecule has 0 unspecified atom stereocenters. The lowest BCUT2D eigenvalue weighted by Gasteiger charge is -2.11.